The molecule has 2 aromatic rings. The number of carbonyl (C=O) groups excluding carboxylic acids is 1. The molecule has 2 saturated heterocycles. The highest BCUT2D eigenvalue weighted by Gasteiger charge is 2.38. The maximum Gasteiger partial charge on any atom is 0.226 e. The second kappa shape index (κ2) is 8.02. The van der Waals surface area contributed by atoms with Crippen molar-refractivity contribution in [2.24, 2.45) is 0 Å². The Bertz CT molecular complexity index is 713. The van der Waals surface area contributed by atoms with Crippen molar-refractivity contribution in [2.75, 3.05) is 19.8 Å². The molecule has 0 radical (unpaired) electrons. The Morgan fingerprint density at radius 2 is 1.77 bits per heavy atom. The van der Waals surface area contributed by atoms with Gasteiger partial charge in [0, 0.05) is 19.7 Å². The van der Waals surface area contributed by atoms with E-state index in [4.69, 9.17) is 4.74 Å². The highest BCUT2D eigenvalue weighted by Crippen LogP contribution is 2.34. The molecule has 0 unspecified atom stereocenters. The molecule has 2 fully saturated rings. The average molecular weight is 350 g/mol. The largest absolute Gasteiger partial charge is 0.377 e. The number of benzene rings is 2. The van der Waals surface area contributed by atoms with Crippen LogP contribution in [-0.2, 0) is 16.1 Å². The van der Waals surface area contributed by atoms with Gasteiger partial charge in [0.25, 0.3) is 0 Å². The Labute approximate surface area is 155 Å². The molecule has 2 atom stereocenters. The molecule has 2 heterocycles. The minimum atomic E-state index is 0.200. The molecule has 0 saturated carbocycles. The zero-order valence-electron chi connectivity index (χ0n) is 15.1. The predicted molar refractivity (Wildman–Crippen MR) is 101 cm³/mol. The van der Waals surface area contributed by atoms with Crippen molar-refractivity contribution < 1.29 is 9.53 Å². The molecule has 26 heavy (non-hydrogen) atoms. The lowest BCUT2D eigenvalue weighted by Crippen LogP contribution is -2.52. The van der Waals surface area contributed by atoms with E-state index in [1.54, 1.807) is 0 Å². The molecule has 0 spiro atoms. The minimum Gasteiger partial charge on any atom is -0.377 e. The molecule has 2 aliphatic rings. The van der Waals surface area contributed by atoms with E-state index < -0.39 is 0 Å². The normalized spacial score (nSPS) is 22.7. The van der Waals surface area contributed by atoms with Crippen LogP contribution in [0.2, 0.25) is 0 Å². The molecular formula is C22H26N2O2. The fraction of sp³-hybridized carbons (Fsp3) is 0.409. The van der Waals surface area contributed by atoms with Crippen molar-refractivity contribution in [3.63, 3.8) is 0 Å². The minimum absolute atomic E-state index is 0.200. The molecule has 4 rings (SSSR count). The van der Waals surface area contributed by atoms with Gasteiger partial charge in [0.1, 0.15) is 0 Å². The number of amides is 1. The summed E-state index contributed by atoms with van der Waals surface area (Å²) in [6, 6.07) is 21.0. The first-order chi connectivity index (χ1) is 12.8. The first kappa shape index (κ1) is 17.3. The Balaban J connectivity index is 1.46. The summed E-state index contributed by atoms with van der Waals surface area (Å²) >= 11 is 0. The number of rotatable bonds is 7. The summed E-state index contributed by atoms with van der Waals surface area (Å²) in [6.07, 6.45) is 3.15. The summed E-state index contributed by atoms with van der Waals surface area (Å²) in [6.45, 7) is 3.23. The Kier molecular flexibility index (Phi) is 5.32. The zero-order chi connectivity index (χ0) is 17.8. The summed E-state index contributed by atoms with van der Waals surface area (Å²) in [4.78, 5) is 16.7. The number of likely N-dealkylation sites (tertiary alicyclic amines) is 1. The molecule has 4 heteroatoms. The fourth-order valence-electron chi connectivity index (χ4n) is 3.91. The molecule has 2 aliphatic heterocycles. The van der Waals surface area contributed by atoms with Gasteiger partial charge >= 0.3 is 0 Å². The van der Waals surface area contributed by atoms with E-state index in [0.717, 1.165) is 32.5 Å². The van der Waals surface area contributed by atoms with Crippen LogP contribution in [0.1, 0.15) is 36.4 Å². The lowest BCUT2D eigenvalue weighted by molar-refractivity contribution is -0.151. The maximum atomic E-state index is 12.3. The molecular weight excluding hydrogens is 324 g/mol. The van der Waals surface area contributed by atoms with Gasteiger partial charge in [0.15, 0.2) is 0 Å². The zero-order valence-corrected chi connectivity index (χ0v) is 15.1. The lowest BCUT2D eigenvalue weighted by Gasteiger charge is -2.44. The molecule has 0 N–H and O–H groups in total. The van der Waals surface area contributed by atoms with Crippen LogP contribution in [-0.4, -0.2) is 41.6 Å². The average Bonchev–Trinajstić information content (AvgIpc) is 3.18. The van der Waals surface area contributed by atoms with Crippen LogP contribution in [0.4, 0.5) is 0 Å². The number of hydrogen-bond donors (Lipinski definition) is 0. The topological polar surface area (TPSA) is 32.8 Å². The second-order valence-corrected chi connectivity index (χ2v) is 7.27. The summed E-state index contributed by atoms with van der Waals surface area (Å²) in [5, 5.41) is 0. The molecule has 4 nitrogen and oxygen atoms in total. The van der Waals surface area contributed by atoms with Gasteiger partial charge in [-0.1, -0.05) is 60.7 Å². The van der Waals surface area contributed by atoms with E-state index in [1.165, 1.54) is 11.1 Å². The SMILES string of the molecule is O=C1C[C@@H](c2ccccc2)N1CN(Cc1ccccc1)C[C@H]1CCCO1. The third kappa shape index (κ3) is 3.97. The van der Waals surface area contributed by atoms with E-state index in [9.17, 15) is 4.79 Å². The van der Waals surface area contributed by atoms with Crippen LogP contribution in [0.25, 0.3) is 0 Å². The third-order valence-electron chi connectivity index (χ3n) is 5.34. The molecule has 2 aromatic carbocycles. The smallest absolute Gasteiger partial charge is 0.226 e. The van der Waals surface area contributed by atoms with Crippen molar-refractivity contribution >= 4 is 5.91 Å². The number of carbonyl (C=O) groups is 1. The Morgan fingerprint density at radius 3 is 2.42 bits per heavy atom. The molecule has 0 aromatic heterocycles. The monoisotopic (exact) mass is 350 g/mol. The summed E-state index contributed by atoms with van der Waals surface area (Å²) in [5.41, 5.74) is 2.50. The van der Waals surface area contributed by atoms with Gasteiger partial charge in [-0.15, -0.1) is 0 Å². The van der Waals surface area contributed by atoms with E-state index >= 15 is 0 Å². The van der Waals surface area contributed by atoms with E-state index in [0.29, 0.717) is 13.1 Å². The van der Waals surface area contributed by atoms with Gasteiger partial charge in [0.2, 0.25) is 5.91 Å². The highest BCUT2D eigenvalue weighted by atomic mass is 16.5. The Morgan fingerprint density at radius 1 is 1.04 bits per heavy atom. The van der Waals surface area contributed by atoms with E-state index in [2.05, 4.69) is 41.3 Å². The standard InChI is InChI=1S/C22H26N2O2/c25-22-14-21(19-10-5-2-6-11-19)24(22)17-23(16-20-12-7-13-26-20)15-18-8-3-1-4-9-18/h1-6,8-11,20-21H,7,12-17H2/t20-,21+/m1/s1. The fourth-order valence-corrected chi connectivity index (χ4v) is 3.91. The number of hydrogen-bond acceptors (Lipinski definition) is 3. The molecule has 0 aliphatic carbocycles. The predicted octanol–water partition coefficient (Wildman–Crippen LogP) is 3.60. The quantitative estimate of drug-likeness (QED) is 0.715. The van der Waals surface area contributed by atoms with Crippen LogP contribution in [0.15, 0.2) is 60.7 Å². The number of ether oxygens (including phenoxy) is 1. The van der Waals surface area contributed by atoms with Gasteiger partial charge in [-0.25, -0.2) is 0 Å². The first-order valence-corrected chi connectivity index (χ1v) is 9.52. The van der Waals surface area contributed by atoms with Crippen LogP contribution in [0, 0.1) is 0 Å². The van der Waals surface area contributed by atoms with Gasteiger partial charge in [-0.3, -0.25) is 9.69 Å². The van der Waals surface area contributed by atoms with Crippen molar-refractivity contribution in [1.82, 2.24) is 9.80 Å². The first-order valence-electron chi connectivity index (χ1n) is 9.52. The highest BCUT2D eigenvalue weighted by molar-refractivity contribution is 5.83. The molecule has 0 bridgehead atoms. The molecule has 1 amide bonds. The van der Waals surface area contributed by atoms with Crippen molar-refractivity contribution in [3.05, 3.63) is 71.8 Å². The Hall–Kier alpha value is -2.17. The number of nitrogens with zero attached hydrogens (tertiary/aromatic N) is 2. The van der Waals surface area contributed by atoms with Crippen LogP contribution < -0.4 is 0 Å². The van der Waals surface area contributed by atoms with Gasteiger partial charge in [-0.2, -0.15) is 0 Å². The van der Waals surface area contributed by atoms with Gasteiger partial charge < -0.3 is 9.64 Å². The van der Waals surface area contributed by atoms with E-state index in [-0.39, 0.29) is 18.1 Å². The summed E-state index contributed by atoms with van der Waals surface area (Å²) < 4.78 is 5.85. The molecule has 136 valence electrons. The van der Waals surface area contributed by atoms with Crippen LogP contribution in [0.5, 0.6) is 0 Å². The number of β-lactam (4-membered cyclic amide) rings is 1. The lowest BCUT2D eigenvalue weighted by atomic mass is 9.94. The van der Waals surface area contributed by atoms with Crippen LogP contribution >= 0.6 is 0 Å². The van der Waals surface area contributed by atoms with Gasteiger partial charge in [0.05, 0.1) is 25.2 Å². The van der Waals surface area contributed by atoms with Crippen LogP contribution in [0.3, 0.4) is 0 Å². The van der Waals surface area contributed by atoms with Crippen molar-refractivity contribution in [2.45, 2.75) is 38.0 Å². The third-order valence-corrected chi connectivity index (χ3v) is 5.34. The summed E-state index contributed by atoms with van der Waals surface area (Å²) in [5.74, 6) is 0.240. The summed E-state index contributed by atoms with van der Waals surface area (Å²) in [7, 11) is 0. The van der Waals surface area contributed by atoms with Gasteiger partial charge in [-0.05, 0) is 24.0 Å². The maximum absolute atomic E-state index is 12.3. The van der Waals surface area contributed by atoms with Crippen molar-refractivity contribution in [1.29, 1.82) is 0 Å². The van der Waals surface area contributed by atoms with E-state index in [1.807, 2.05) is 29.2 Å². The second-order valence-electron chi connectivity index (χ2n) is 7.27. The van der Waals surface area contributed by atoms with Crippen molar-refractivity contribution in [3.8, 4) is 0 Å².